The van der Waals surface area contributed by atoms with Crippen LogP contribution in [0.1, 0.15) is 26.3 Å². The Labute approximate surface area is 124 Å². The summed E-state index contributed by atoms with van der Waals surface area (Å²) in [5.41, 5.74) is -0.378. The van der Waals surface area contributed by atoms with E-state index in [2.05, 4.69) is 10.6 Å². The Kier molecular flexibility index (Phi) is 5.96. The smallest absolute Gasteiger partial charge is 0.315 e. The molecule has 0 aliphatic rings. The van der Waals surface area contributed by atoms with Crippen LogP contribution in [0.4, 0.5) is 9.18 Å². The van der Waals surface area contributed by atoms with Crippen molar-refractivity contribution >= 4 is 6.03 Å². The number of carbonyl (C=O) groups is 1. The largest absolute Gasteiger partial charge is 0.497 e. The molecule has 6 heteroatoms. The van der Waals surface area contributed by atoms with Crippen molar-refractivity contribution in [3.05, 3.63) is 29.6 Å². The number of halogens is 1. The van der Waals surface area contributed by atoms with Crippen molar-refractivity contribution in [2.75, 3.05) is 13.7 Å². The highest BCUT2D eigenvalue weighted by Crippen LogP contribution is 2.16. The summed E-state index contributed by atoms with van der Waals surface area (Å²) in [6, 6.07) is 3.82. The van der Waals surface area contributed by atoms with E-state index >= 15 is 0 Å². The van der Waals surface area contributed by atoms with E-state index in [0.717, 1.165) is 0 Å². The van der Waals surface area contributed by atoms with Crippen LogP contribution < -0.4 is 15.4 Å². The molecule has 0 heterocycles. The summed E-state index contributed by atoms with van der Waals surface area (Å²) >= 11 is 0. The summed E-state index contributed by atoms with van der Waals surface area (Å²) in [5.74, 6) is -0.00507. The van der Waals surface area contributed by atoms with Gasteiger partial charge in [0.05, 0.1) is 12.7 Å². The van der Waals surface area contributed by atoms with E-state index in [1.807, 2.05) is 13.8 Å². The van der Waals surface area contributed by atoms with E-state index in [1.165, 1.54) is 19.2 Å². The minimum atomic E-state index is -0.973. The fourth-order valence-electron chi connectivity index (χ4n) is 1.55. The predicted octanol–water partition coefficient (Wildman–Crippen LogP) is 2.04. The molecular weight excluding hydrogens is 275 g/mol. The third kappa shape index (κ3) is 5.59. The van der Waals surface area contributed by atoms with Gasteiger partial charge < -0.3 is 20.5 Å². The average Bonchev–Trinajstić information content (AvgIpc) is 2.42. The van der Waals surface area contributed by atoms with Crippen molar-refractivity contribution in [2.45, 2.75) is 32.9 Å². The van der Waals surface area contributed by atoms with Gasteiger partial charge in [-0.25, -0.2) is 9.18 Å². The molecule has 0 saturated heterocycles. The summed E-state index contributed by atoms with van der Waals surface area (Å²) in [6.45, 7) is 5.72. The third-order valence-corrected chi connectivity index (χ3v) is 3.47. The highest BCUT2D eigenvalue weighted by Gasteiger charge is 2.25. The second-order valence-corrected chi connectivity index (χ2v) is 5.55. The van der Waals surface area contributed by atoms with Gasteiger partial charge in [-0.3, -0.25) is 0 Å². The fraction of sp³-hybridized carbons (Fsp3) is 0.533. The molecule has 0 radical (unpaired) electrons. The quantitative estimate of drug-likeness (QED) is 0.752. The maximum atomic E-state index is 13.3. The van der Waals surface area contributed by atoms with E-state index in [4.69, 9.17) is 4.74 Å². The molecule has 1 aromatic carbocycles. The van der Waals surface area contributed by atoms with Gasteiger partial charge in [0.2, 0.25) is 0 Å². The lowest BCUT2D eigenvalue weighted by Gasteiger charge is -2.27. The molecule has 2 amide bonds. The highest BCUT2D eigenvalue weighted by atomic mass is 19.1. The fourth-order valence-corrected chi connectivity index (χ4v) is 1.55. The molecule has 21 heavy (non-hydrogen) atoms. The van der Waals surface area contributed by atoms with Gasteiger partial charge in [-0.2, -0.15) is 0 Å². The molecule has 0 bridgehead atoms. The highest BCUT2D eigenvalue weighted by molar-refractivity contribution is 5.73. The molecule has 1 atom stereocenters. The lowest BCUT2D eigenvalue weighted by atomic mass is 9.93. The number of hydrogen-bond donors (Lipinski definition) is 3. The molecule has 5 nitrogen and oxygen atoms in total. The second-order valence-electron chi connectivity index (χ2n) is 5.55. The van der Waals surface area contributed by atoms with Crippen molar-refractivity contribution in [1.82, 2.24) is 10.6 Å². The van der Waals surface area contributed by atoms with E-state index in [0.29, 0.717) is 11.3 Å². The third-order valence-electron chi connectivity index (χ3n) is 3.47. The Morgan fingerprint density at radius 1 is 1.38 bits per heavy atom. The summed E-state index contributed by atoms with van der Waals surface area (Å²) in [4.78, 5) is 11.7. The van der Waals surface area contributed by atoms with Crippen molar-refractivity contribution in [2.24, 2.45) is 5.92 Å². The Bertz CT molecular complexity index is 490. The molecule has 1 rings (SSSR count). The number of hydrogen-bond acceptors (Lipinski definition) is 3. The van der Waals surface area contributed by atoms with E-state index in [1.54, 1.807) is 13.0 Å². The van der Waals surface area contributed by atoms with Gasteiger partial charge in [-0.05, 0) is 30.5 Å². The van der Waals surface area contributed by atoms with Crippen molar-refractivity contribution in [3.63, 3.8) is 0 Å². The number of ether oxygens (including phenoxy) is 1. The molecule has 0 spiro atoms. The summed E-state index contributed by atoms with van der Waals surface area (Å²) < 4.78 is 18.3. The maximum Gasteiger partial charge on any atom is 0.315 e. The molecule has 0 fully saturated rings. The van der Waals surface area contributed by atoms with E-state index in [9.17, 15) is 14.3 Å². The molecule has 3 N–H and O–H groups in total. The van der Waals surface area contributed by atoms with Crippen LogP contribution in [0.2, 0.25) is 0 Å². The van der Waals surface area contributed by atoms with Gasteiger partial charge in [0.15, 0.2) is 0 Å². The number of methoxy groups -OCH3 is 1. The summed E-state index contributed by atoms with van der Waals surface area (Å²) in [7, 11) is 1.45. The maximum absolute atomic E-state index is 13.3. The molecular formula is C15H23FN2O3. The van der Waals surface area contributed by atoms with E-state index in [-0.39, 0.29) is 19.0 Å². The number of carbonyl (C=O) groups excluding carboxylic acids is 1. The number of benzene rings is 1. The van der Waals surface area contributed by atoms with Crippen LogP contribution in [-0.2, 0) is 6.54 Å². The van der Waals surface area contributed by atoms with Gasteiger partial charge in [-0.15, -0.1) is 0 Å². The Morgan fingerprint density at radius 3 is 2.62 bits per heavy atom. The number of aliphatic hydroxyl groups is 1. The predicted molar refractivity (Wildman–Crippen MR) is 78.7 cm³/mol. The first-order valence-electron chi connectivity index (χ1n) is 6.82. The minimum Gasteiger partial charge on any atom is -0.497 e. The second kappa shape index (κ2) is 7.26. The zero-order chi connectivity index (χ0) is 16.0. The Morgan fingerprint density at radius 2 is 2.05 bits per heavy atom. The molecule has 0 aliphatic heterocycles. The first kappa shape index (κ1) is 17.2. The average molecular weight is 298 g/mol. The lowest BCUT2D eigenvalue weighted by molar-refractivity contribution is 0.0166. The minimum absolute atomic E-state index is 0.0188. The standard InChI is InChI=1S/C15H23FN2O3/c1-10(2)15(3,20)9-18-14(19)17-8-11-5-12(16)7-13(6-11)21-4/h5-7,10,20H,8-9H2,1-4H3,(H2,17,18,19). The van der Waals surface area contributed by atoms with Crippen molar-refractivity contribution in [3.8, 4) is 5.75 Å². The number of nitrogens with one attached hydrogen (secondary N) is 2. The SMILES string of the molecule is COc1cc(F)cc(CNC(=O)NCC(C)(O)C(C)C)c1. The zero-order valence-electron chi connectivity index (χ0n) is 12.9. The van der Waals surface area contributed by atoms with Crippen LogP contribution in [0, 0.1) is 11.7 Å². The summed E-state index contributed by atoms with van der Waals surface area (Å²) in [5, 5.41) is 15.2. The van der Waals surface area contributed by atoms with Crippen LogP contribution in [-0.4, -0.2) is 30.4 Å². The first-order valence-corrected chi connectivity index (χ1v) is 6.82. The van der Waals surface area contributed by atoms with Gasteiger partial charge >= 0.3 is 6.03 Å². The normalized spacial score (nSPS) is 13.7. The Balaban J connectivity index is 2.48. The van der Waals surface area contributed by atoms with Gasteiger partial charge in [-0.1, -0.05) is 13.8 Å². The number of rotatable bonds is 6. The topological polar surface area (TPSA) is 70.6 Å². The Hall–Kier alpha value is -1.82. The van der Waals surface area contributed by atoms with E-state index < -0.39 is 17.4 Å². The number of urea groups is 1. The molecule has 1 unspecified atom stereocenters. The van der Waals surface area contributed by atoms with Gasteiger partial charge in [0.1, 0.15) is 11.6 Å². The molecule has 1 aromatic rings. The van der Waals surface area contributed by atoms with Crippen molar-refractivity contribution < 1.29 is 19.0 Å². The van der Waals surface area contributed by atoms with Crippen LogP contribution in [0.5, 0.6) is 5.75 Å². The van der Waals surface area contributed by atoms with Gasteiger partial charge in [0, 0.05) is 19.2 Å². The lowest BCUT2D eigenvalue weighted by Crippen LogP contribution is -2.47. The van der Waals surface area contributed by atoms with Crippen LogP contribution in [0.15, 0.2) is 18.2 Å². The number of amides is 2. The van der Waals surface area contributed by atoms with Crippen LogP contribution >= 0.6 is 0 Å². The molecule has 0 saturated carbocycles. The monoisotopic (exact) mass is 298 g/mol. The summed E-state index contributed by atoms with van der Waals surface area (Å²) in [6.07, 6.45) is 0. The van der Waals surface area contributed by atoms with Crippen molar-refractivity contribution in [1.29, 1.82) is 0 Å². The first-order chi connectivity index (χ1) is 9.74. The molecule has 118 valence electrons. The zero-order valence-corrected chi connectivity index (χ0v) is 12.9. The molecule has 0 aliphatic carbocycles. The van der Waals surface area contributed by atoms with Gasteiger partial charge in [0.25, 0.3) is 0 Å². The van der Waals surface area contributed by atoms with Crippen LogP contribution in [0.3, 0.4) is 0 Å². The van der Waals surface area contributed by atoms with Crippen LogP contribution in [0.25, 0.3) is 0 Å². The molecule has 0 aromatic heterocycles.